The van der Waals surface area contributed by atoms with E-state index < -0.39 is 11.7 Å². The molecule has 1 fully saturated rings. The number of β-amino-alcohol motifs (C(OH)–C–C–N with tert-alkyl or cyclic N) is 2. The Hall–Kier alpha value is -2.28. The van der Waals surface area contributed by atoms with Crippen LogP contribution in [0.1, 0.15) is 22.5 Å². The van der Waals surface area contributed by atoms with Crippen molar-refractivity contribution in [1.29, 1.82) is 0 Å². The van der Waals surface area contributed by atoms with Gasteiger partial charge in [-0.3, -0.25) is 14.7 Å². The lowest BCUT2D eigenvalue weighted by Gasteiger charge is -2.26. The molecule has 2 aromatic rings. The first-order valence-electron chi connectivity index (χ1n) is 8.93. The zero-order chi connectivity index (χ0) is 18.4. The zero-order valence-electron chi connectivity index (χ0n) is 14.7. The molecule has 26 heavy (non-hydrogen) atoms. The highest BCUT2D eigenvalue weighted by Crippen LogP contribution is 2.22. The molecule has 0 bridgehead atoms. The fraction of sp³-hybridized carbons (Fsp3) is 0.400. The van der Waals surface area contributed by atoms with Crippen LogP contribution in [-0.4, -0.2) is 63.9 Å². The number of benzene rings is 1. The smallest absolute Gasteiger partial charge is 0.269 e. The summed E-state index contributed by atoms with van der Waals surface area (Å²) in [5.74, 6) is -0.353. The van der Waals surface area contributed by atoms with Gasteiger partial charge in [-0.1, -0.05) is 36.4 Å². The standard InChI is InChI=1S/C20H25N3O3/c24-18-13-23(12-6-9-16-7-2-1-3-8-16)15-20(18,26)14-22-19(25)17-10-4-5-11-21-17/h1-5,7-8,10-11,18,24,26H,6,9,12-15H2,(H,22,25)/t18-,20+/m1/s1. The van der Waals surface area contributed by atoms with Gasteiger partial charge in [0.25, 0.3) is 5.91 Å². The molecule has 0 radical (unpaired) electrons. The van der Waals surface area contributed by atoms with Crippen LogP contribution in [0.3, 0.4) is 0 Å². The van der Waals surface area contributed by atoms with Gasteiger partial charge in [0.15, 0.2) is 0 Å². The molecule has 6 heteroatoms. The number of rotatable bonds is 7. The van der Waals surface area contributed by atoms with Crippen LogP contribution in [0.5, 0.6) is 0 Å². The first-order chi connectivity index (χ1) is 12.6. The number of aromatic nitrogens is 1. The lowest BCUT2D eigenvalue weighted by Crippen LogP contribution is -2.51. The second kappa shape index (κ2) is 8.40. The van der Waals surface area contributed by atoms with Gasteiger partial charge in [0.2, 0.25) is 0 Å². The predicted octanol–water partition coefficient (Wildman–Crippen LogP) is 0.852. The predicted molar refractivity (Wildman–Crippen MR) is 98.7 cm³/mol. The molecular formula is C20H25N3O3. The van der Waals surface area contributed by atoms with Gasteiger partial charge in [0, 0.05) is 19.3 Å². The van der Waals surface area contributed by atoms with Crippen molar-refractivity contribution in [3.05, 3.63) is 66.0 Å². The summed E-state index contributed by atoms with van der Waals surface area (Å²) >= 11 is 0. The monoisotopic (exact) mass is 355 g/mol. The lowest BCUT2D eigenvalue weighted by atomic mass is 10.0. The Morgan fingerprint density at radius 1 is 1.23 bits per heavy atom. The molecule has 1 aliphatic heterocycles. The number of hydrogen-bond donors (Lipinski definition) is 3. The molecule has 138 valence electrons. The molecule has 0 spiro atoms. The maximum absolute atomic E-state index is 12.1. The summed E-state index contributed by atoms with van der Waals surface area (Å²) in [6.45, 7) is 1.54. The summed E-state index contributed by atoms with van der Waals surface area (Å²) in [6.07, 6.45) is 2.57. The van der Waals surface area contributed by atoms with Crippen LogP contribution in [0.15, 0.2) is 54.7 Å². The molecule has 1 aromatic carbocycles. The summed E-state index contributed by atoms with van der Waals surface area (Å²) in [4.78, 5) is 18.1. The number of amides is 1. The van der Waals surface area contributed by atoms with E-state index in [1.807, 2.05) is 23.1 Å². The summed E-state index contributed by atoms with van der Waals surface area (Å²) < 4.78 is 0. The van der Waals surface area contributed by atoms with E-state index in [4.69, 9.17) is 0 Å². The highest BCUT2D eigenvalue weighted by Gasteiger charge is 2.44. The van der Waals surface area contributed by atoms with E-state index in [0.717, 1.165) is 19.4 Å². The third-order valence-corrected chi connectivity index (χ3v) is 4.78. The number of carbonyl (C=O) groups is 1. The second-order valence-electron chi connectivity index (χ2n) is 6.84. The molecule has 0 unspecified atom stereocenters. The molecule has 1 amide bonds. The van der Waals surface area contributed by atoms with Crippen LogP contribution >= 0.6 is 0 Å². The van der Waals surface area contributed by atoms with Gasteiger partial charge in [0.05, 0.1) is 12.6 Å². The summed E-state index contributed by atoms with van der Waals surface area (Å²) in [6, 6.07) is 15.3. The van der Waals surface area contributed by atoms with Crippen LogP contribution in [0.2, 0.25) is 0 Å². The van der Waals surface area contributed by atoms with Crippen molar-refractivity contribution in [2.24, 2.45) is 0 Å². The third kappa shape index (κ3) is 4.66. The number of nitrogens with zero attached hydrogens (tertiary/aromatic N) is 2. The van der Waals surface area contributed by atoms with Gasteiger partial charge >= 0.3 is 0 Å². The molecule has 2 atom stereocenters. The van der Waals surface area contributed by atoms with Crippen molar-refractivity contribution in [1.82, 2.24) is 15.2 Å². The van der Waals surface area contributed by atoms with E-state index >= 15 is 0 Å². The highest BCUT2D eigenvalue weighted by atomic mass is 16.3. The number of nitrogens with one attached hydrogen (secondary N) is 1. The van der Waals surface area contributed by atoms with E-state index in [1.165, 1.54) is 5.56 Å². The Kier molecular flexibility index (Phi) is 5.98. The molecule has 0 aliphatic carbocycles. The van der Waals surface area contributed by atoms with Crippen LogP contribution in [0, 0.1) is 0 Å². The maximum atomic E-state index is 12.1. The fourth-order valence-corrected chi connectivity index (χ4v) is 3.29. The molecule has 1 aliphatic rings. The quantitative estimate of drug-likeness (QED) is 0.686. The average molecular weight is 355 g/mol. The lowest BCUT2D eigenvalue weighted by molar-refractivity contribution is -0.0377. The first kappa shape index (κ1) is 18.5. The minimum atomic E-state index is -1.34. The van der Waals surface area contributed by atoms with Gasteiger partial charge in [-0.25, -0.2) is 0 Å². The molecule has 3 rings (SSSR count). The molecule has 6 nitrogen and oxygen atoms in total. The average Bonchev–Trinajstić information content (AvgIpc) is 2.95. The van der Waals surface area contributed by atoms with Crippen molar-refractivity contribution < 1.29 is 15.0 Å². The SMILES string of the molecule is O=C(NC[C@]1(O)CN(CCCc2ccccc2)C[C@H]1O)c1ccccn1. The maximum Gasteiger partial charge on any atom is 0.269 e. The Morgan fingerprint density at radius 2 is 2.00 bits per heavy atom. The molecule has 3 N–H and O–H groups in total. The van der Waals surface area contributed by atoms with E-state index in [2.05, 4.69) is 22.4 Å². The Balaban J connectivity index is 1.46. The molecule has 1 saturated heterocycles. The van der Waals surface area contributed by atoms with E-state index in [0.29, 0.717) is 18.8 Å². The number of aryl methyl sites for hydroxylation is 1. The van der Waals surface area contributed by atoms with Crippen LogP contribution in [0.4, 0.5) is 0 Å². The van der Waals surface area contributed by atoms with Crippen molar-refractivity contribution in [2.75, 3.05) is 26.2 Å². The second-order valence-corrected chi connectivity index (χ2v) is 6.84. The largest absolute Gasteiger partial charge is 0.389 e. The van der Waals surface area contributed by atoms with Gasteiger partial charge in [-0.2, -0.15) is 0 Å². The number of likely N-dealkylation sites (tertiary alicyclic amines) is 1. The molecular weight excluding hydrogens is 330 g/mol. The number of pyridine rings is 1. The van der Waals surface area contributed by atoms with Gasteiger partial charge < -0.3 is 15.5 Å². The van der Waals surface area contributed by atoms with Crippen molar-refractivity contribution in [3.63, 3.8) is 0 Å². The minimum Gasteiger partial charge on any atom is -0.389 e. The van der Waals surface area contributed by atoms with Gasteiger partial charge in [-0.05, 0) is 37.1 Å². The van der Waals surface area contributed by atoms with Crippen molar-refractivity contribution in [3.8, 4) is 0 Å². The highest BCUT2D eigenvalue weighted by molar-refractivity contribution is 5.92. The third-order valence-electron chi connectivity index (χ3n) is 4.78. The first-order valence-corrected chi connectivity index (χ1v) is 8.93. The molecule has 1 aromatic heterocycles. The van der Waals surface area contributed by atoms with Crippen LogP contribution in [0.25, 0.3) is 0 Å². The molecule has 0 saturated carbocycles. The van der Waals surface area contributed by atoms with Crippen molar-refractivity contribution in [2.45, 2.75) is 24.5 Å². The number of aliphatic hydroxyl groups is 2. The van der Waals surface area contributed by atoms with Gasteiger partial charge in [-0.15, -0.1) is 0 Å². The zero-order valence-corrected chi connectivity index (χ0v) is 14.7. The van der Waals surface area contributed by atoms with E-state index in [9.17, 15) is 15.0 Å². The van der Waals surface area contributed by atoms with Crippen LogP contribution < -0.4 is 5.32 Å². The van der Waals surface area contributed by atoms with Crippen LogP contribution in [-0.2, 0) is 6.42 Å². The fourth-order valence-electron chi connectivity index (χ4n) is 3.29. The summed E-state index contributed by atoms with van der Waals surface area (Å²) in [5, 5.41) is 23.7. The Labute approximate surface area is 153 Å². The van der Waals surface area contributed by atoms with Crippen molar-refractivity contribution >= 4 is 5.91 Å². The minimum absolute atomic E-state index is 0.00123. The van der Waals surface area contributed by atoms with Gasteiger partial charge in [0.1, 0.15) is 11.3 Å². The Bertz CT molecular complexity index is 711. The number of carbonyl (C=O) groups excluding carboxylic acids is 1. The Morgan fingerprint density at radius 3 is 2.73 bits per heavy atom. The summed E-state index contributed by atoms with van der Waals surface area (Å²) in [5.41, 5.74) is 0.241. The summed E-state index contributed by atoms with van der Waals surface area (Å²) in [7, 11) is 0. The number of hydrogen-bond acceptors (Lipinski definition) is 5. The topological polar surface area (TPSA) is 85.7 Å². The molecule has 2 heterocycles. The normalized spacial score (nSPS) is 23.1. The number of aliphatic hydroxyl groups excluding tert-OH is 1. The van der Waals surface area contributed by atoms with E-state index in [1.54, 1.807) is 24.4 Å². The van der Waals surface area contributed by atoms with E-state index in [-0.39, 0.29) is 12.5 Å².